The van der Waals surface area contributed by atoms with Crippen molar-refractivity contribution in [2.24, 2.45) is 5.92 Å². The summed E-state index contributed by atoms with van der Waals surface area (Å²) in [6.07, 6.45) is 2.58. The Labute approximate surface area is 190 Å². The molecule has 2 aliphatic rings. The molecule has 3 aromatic carbocycles. The average molecular weight is 451 g/mol. The highest BCUT2D eigenvalue weighted by atomic mass is 35.5. The quantitative estimate of drug-likeness (QED) is 0.577. The Kier molecular flexibility index (Phi) is 5.62. The fraction of sp³-hybridized carbons (Fsp3) is 0.280. The Hall–Kier alpha value is -3.25. The summed E-state index contributed by atoms with van der Waals surface area (Å²) < 4.78 is 11.4. The molecule has 0 aromatic heterocycles. The van der Waals surface area contributed by atoms with Crippen molar-refractivity contribution in [2.75, 3.05) is 18.5 Å². The van der Waals surface area contributed by atoms with Crippen molar-refractivity contribution in [3.8, 4) is 11.5 Å². The van der Waals surface area contributed by atoms with Crippen LogP contribution in [0, 0.1) is 5.92 Å². The van der Waals surface area contributed by atoms with E-state index < -0.39 is 0 Å². The van der Waals surface area contributed by atoms with Crippen LogP contribution in [0.1, 0.15) is 35.2 Å². The van der Waals surface area contributed by atoms with E-state index in [2.05, 4.69) is 10.6 Å². The van der Waals surface area contributed by atoms with Crippen LogP contribution in [0.2, 0.25) is 5.02 Å². The van der Waals surface area contributed by atoms with E-state index in [4.69, 9.17) is 21.1 Å². The van der Waals surface area contributed by atoms with E-state index in [1.807, 2.05) is 42.5 Å². The van der Waals surface area contributed by atoms with E-state index in [1.165, 1.54) is 0 Å². The molecule has 32 heavy (non-hydrogen) atoms. The van der Waals surface area contributed by atoms with Crippen molar-refractivity contribution in [3.05, 3.63) is 64.7 Å². The zero-order valence-electron chi connectivity index (χ0n) is 17.4. The van der Waals surface area contributed by atoms with Gasteiger partial charge in [0.2, 0.25) is 5.91 Å². The predicted molar refractivity (Wildman–Crippen MR) is 124 cm³/mol. The van der Waals surface area contributed by atoms with Crippen molar-refractivity contribution in [1.82, 2.24) is 5.32 Å². The van der Waals surface area contributed by atoms with Gasteiger partial charge in [0.1, 0.15) is 0 Å². The lowest BCUT2D eigenvalue weighted by Crippen LogP contribution is -2.25. The van der Waals surface area contributed by atoms with Gasteiger partial charge in [-0.25, -0.2) is 0 Å². The first-order chi connectivity index (χ1) is 15.6. The third-order valence-electron chi connectivity index (χ3n) is 5.65. The van der Waals surface area contributed by atoms with Gasteiger partial charge in [0.15, 0.2) is 11.5 Å². The Morgan fingerprint density at radius 1 is 1.00 bits per heavy atom. The van der Waals surface area contributed by atoms with Crippen LogP contribution in [0.15, 0.2) is 48.5 Å². The lowest BCUT2D eigenvalue weighted by molar-refractivity contribution is -0.117. The van der Waals surface area contributed by atoms with E-state index in [-0.39, 0.29) is 24.3 Å². The normalized spacial score (nSPS) is 15.2. The molecular weight excluding hydrogens is 428 g/mol. The Morgan fingerprint density at radius 2 is 1.75 bits per heavy atom. The number of benzene rings is 3. The predicted octanol–water partition coefficient (Wildman–Crippen LogP) is 4.93. The van der Waals surface area contributed by atoms with Crippen LogP contribution in [0.25, 0.3) is 10.8 Å². The molecule has 2 amide bonds. The summed E-state index contributed by atoms with van der Waals surface area (Å²) in [5.74, 6) is 0.858. The topological polar surface area (TPSA) is 76.7 Å². The molecule has 164 valence electrons. The van der Waals surface area contributed by atoms with E-state index in [0.717, 1.165) is 35.6 Å². The molecule has 3 aromatic rings. The SMILES string of the molecule is O=C(NCc1cc(Cl)c2c(c1)OCCCO2)c1cc2ccccc2cc1NC(=O)C1CC1. The number of ether oxygens (including phenoxy) is 2. The summed E-state index contributed by atoms with van der Waals surface area (Å²) in [5, 5.41) is 8.24. The van der Waals surface area contributed by atoms with Crippen molar-refractivity contribution in [2.45, 2.75) is 25.8 Å². The number of carbonyl (C=O) groups excluding carboxylic acids is 2. The lowest BCUT2D eigenvalue weighted by Gasteiger charge is -2.15. The molecule has 1 fully saturated rings. The van der Waals surface area contributed by atoms with Crippen molar-refractivity contribution < 1.29 is 19.1 Å². The average Bonchev–Trinajstić information content (AvgIpc) is 3.64. The maximum absolute atomic E-state index is 13.1. The third kappa shape index (κ3) is 4.36. The summed E-state index contributed by atoms with van der Waals surface area (Å²) >= 11 is 6.37. The fourth-order valence-corrected chi connectivity index (χ4v) is 4.06. The van der Waals surface area contributed by atoms with Gasteiger partial charge >= 0.3 is 0 Å². The number of hydrogen-bond donors (Lipinski definition) is 2. The van der Waals surface area contributed by atoms with Gasteiger partial charge in [0.05, 0.1) is 29.5 Å². The standard InChI is InChI=1S/C25H23ClN2O4/c26-20-10-15(11-22-23(20)32-9-3-8-31-22)14-27-25(30)19-12-17-4-1-2-5-18(17)13-21(19)28-24(29)16-6-7-16/h1-2,4-5,10-13,16H,3,6-9,14H2,(H,27,30)(H,28,29). The maximum Gasteiger partial charge on any atom is 0.253 e. The highest BCUT2D eigenvalue weighted by Gasteiger charge is 2.30. The molecule has 0 radical (unpaired) electrons. The van der Waals surface area contributed by atoms with Crippen molar-refractivity contribution in [1.29, 1.82) is 0 Å². The molecule has 0 unspecified atom stereocenters. The summed E-state index contributed by atoms with van der Waals surface area (Å²) in [6, 6.07) is 15.0. The molecule has 0 atom stereocenters. The number of hydrogen-bond acceptors (Lipinski definition) is 4. The number of halogens is 1. The van der Waals surface area contributed by atoms with Crippen LogP contribution in [-0.2, 0) is 11.3 Å². The van der Waals surface area contributed by atoms with Gasteiger partial charge < -0.3 is 20.1 Å². The molecule has 0 saturated heterocycles. The number of fused-ring (bicyclic) bond motifs is 2. The summed E-state index contributed by atoms with van der Waals surface area (Å²) in [4.78, 5) is 25.5. The van der Waals surface area contributed by atoms with Crippen molar-refractivity contribution in [3.63, 3.8) is 0 Å². The molecule has 0 spiro atoms. The first-order valence-corrected chi connectivity index (χ1v) is 11.2. The largest absolute Gasteiger partial charge is 0.489 e. The highest BCUT2D eigenvalue weighted by Crippen LogP contribution is 2.38. The van der Waals surface area contributed by atoms with E-state index >= 15 is 0 Å². The first kappa shape index (κ1) is 20.6. The Morgan fingerprint density at radius 3 is 2.53 bits per heavy atom. The minimum Gasteiger partial charge on any atom is -0.489 e. The van der Waals surface area contributed by atoms with Crippen LogP contribution in [-0.4, -0.2) is 25.0 Å². The second-order valence-electron chi connectivity index (χ2n) is 8.15. The minimum absolute atomic E-state index is 0.0379. The highest BCUT2D eigenvalue weighted by molar-refractivity contribution is 6.32. The summed E-state index contributed by atoms with van der Waals surface area (Å²) in [7, 11) is 0. The molecule has 1 heterocycles. The van der Waals surface area contributed by atoms with Gasteiger partial charge in [0, 0.05) is 18.9 Å². The van der Waals surface area contributed by atoms with Gasteiger partial charge in [-0.3, -0.25) is 9.59 Å². The van der Waals surface area contributed by atoms with Gasteiger partial charge in [-0.05, 0) is 53.4 Å². The number of nitrogens with one attached hydrogen (secondary N) is 2. The Bertz CT molecular complexity index is 1210. The molecule has 6 nitrogen and oxygen atoms in total. The first-order valence-electron chi connectivity index (χ1n) is 10.8. The van der Waals surface area contributed by atoms with E-state index in [0.29, 0.717) is 41.0 Å². The zero-order chi connectivity index (χ0) is 22.1. The van der Waals surface area contributed by atoms with E-state index in [9.17, 15) is 9.59 Å². The van der Waals surface area contributed by atoms with Crippen LogP contribution < -0.4 is 20.1 Å². The zero-order valence-corrected chi connectivity index (χ0v) is 18.2. The van der Waals surface area contributed by atoms with Gasteiger partial charge in [-0.2, -0.15) is 0 Å². The van der Waals surface area contributed by atoms with Crippen LogP contribution in [0.4, 0.5) is 5.69 Å². The maximum atomic E-state index is 13.1. The number of rotatable bonds is 5. The number of carbonyl (C=O) groups is 2. The lowest BCUT2D eigenvalue weighted by atomic mass is 10.0. The number of amides is 2. The molecule has 7 heteroatoms. The van der Waals surface area contributed by atoms with Crippen LogP contribution in [0.3, 0.4) is 0 Å². The van der Waals surface area contributed by atoms with Gasteiger partial charge in [-0.1, -0.05) is 35.9 Å². The molecule has 2 N–H and O–H groups in total. The molecule has 0 bridgehead atoms. The molecule has 1 saturated carbocycles. The second kappa shape index (κ2) is 8.71. The molecule has 1 aliphatic carbocycles. The van der Waals surface area contributed by atoms with Gasteiger partial charge in [-0.15, -0.1) is 0 Å². The smallest absolute Gasteiger partial charge is 0.253 e. The minimum atomic E-state index is -0.273. The van der Waals surface area contributed by atoms with Crippen LogP contribution >= 0.6 is 11.6 Å². The molecular formula is C25H23ClN2O4. The third-order valence-corrected chi connectivity index (χ3v) is 5.93. The second-order valence-corrected chi connectivity index (χ2v) is 8.55. The van der Waals surface area contributed by atoms with Crippen molar-refractivity contribution >= 4 is 39.9 Å². The fourth-order valence-electron chi connectivity index (χ4n) is 3.78. The van der Waals surface area contributed by atoms with Crippen LogP contribution in [0.5, 0.6) is 11.5 Å². The molecule has 5 rings (SSSR count). The summed E-state index contributed by atoms with van der Waals surface area (Å²) in [6.45, 7) is 1.37. The summed E-state index contributed by atoms with van der Waals surface area (Å²) in [5.41, 5.74) is 1.75. The monoisotopic (exact) mass is 450 g/mol. The Balaban J connectivity index is 1.39. The van der Waals surface area contributed by atoms with Gasteiger partial charge in [0.25, 0.3) is 5.91 Å². The number of anilines is 1. The molecule has 1 aliphatic heterocycles. The van der Waals surface area contributed by atoms with E-state index in [1.54, 1.807) is 6.07 Å².